The summed E-state index contributed by atoms with van der Waals surface area (Å²) >= 11 is 5.93. The van der Waals surface area contributed by atoms with Crippen molar-refractivity contribution in [1.82, 2.24) is 9.62 Å². The van der Waals surface area contributed by atoms with Crippen molar-refractivity contribution in [2.24, 2.45) is 0 Å². The standard InChI is InChI=1S/C19H23ClN4O4S/c20-16-5-7-17(8-6-16)23-13-11-22(12-14-23)10-2-9-21-29(27,28)19-4-1-3-18(15-19)24(25)26/h1,3-8,15,21H,2,9-14H2. The number of hydrogen-bond donors (Lipinski definition) is 1. The van der Waals surface area contributed by atoms with Gasteiger partial charge in [-0.2, -0.15) is 0 Å². The summed E-state index contributed by atoms with van der Waals surface area (Å²) in [4.78, 5) is 14.7. The summed E-state index contributed by atoms with van der Waals surface area (Å²) in [7, 11) is -3.76. The lowest BCUT2D eigenvalue weighted by Gasteiger charge is -2.36. The molecule has 0 amide bonds. The summed E-state index contributed by atoms with van der Waals surface area (Å²) in [6.45, 7) is 4.68. The van der Waals surface area contributed by atoms with Crippen molar-refractivity contribution < 1.29 is 13.3 Å². The molecule has 0 saturated carbocycles. The van der Waals surface area contributed by atoms with Crippen molar-refractivity contribution in [1.29, 1.82) is 0 Å². The average Bonchev–Trinajstić information content (AvgIpc) is 2.72. The van der Waals surface area contributed by atoms with Gasteiger partial charge in [-0.3, -0.25) is 15.0 Å². The quantitative estimate of drug-likeness (QED) is 0.387. The fourth-order valence-electron chi connectivity index (χ4n) is 3.24. The van der Waals surface area contributed by atoms with E-state index in [-0.39, 0.29) is 17.1 Å². The molecule has 10 heteroatoms. The van der Waals surface area contributed by atoms with Crippen LogP contribution < -0.4 is 9.62 Å². The Bertz CT molecular complexity index is 945. The fraction of sp³-hybridized carbons (Fsp3) is 0.368. The minimum absolute atomic E-state index is 0.0942. The average molecular weight is 439 g/mol. The zero-order valence-electron chi connectivity index (χ0n) is 15.8. The molecule has 2 aromatic rings. The summed E-state index contributed by atoms with van der Waals surface area (Å²) in [5.74, 6) is 0. The van der Waals surface area contributed by atoms with E-state index in [1.807, 2.05) is 24.3 Å². The van der Waals surface area contributed by atoms with Crippen LogP contribution in [-0.2, 0) is 10.0 Å². The van der Waals surface area contributed by atoms with Crippen LogP contribution in [0.4, 0.5) is 11.4 Å². The number of hydrogen-bond acceptors (Lipinski definition) is 6. The van der Waals surface area contributed by atoms with E-state index in [0.717, 1.165) is 49.5 Å². The highest BCUT2D eigenvalue weighted by Gasteiger charge is 2.19. The SMILES string of the molecule is O=[N+]([O-])c1cccc(S(=O)(=O)NCCCN2CCN(c3ccc(Cl)cc3)CC2)c1. The summed E-state index contributed by atoms with van der Waals surface area (Å²) < 4.78 is 27.2. The van der Waals surface area contributed by atoms with Gasteiger partial charge in [-0.05, 0) is 43.3 Å². The van der Waals surface area contributed by atoms with Gasteiger partial charge >= 0.3 is 0 Å². The maximum absolute atomic E-state index is 12.3. The normalized spacial score (nSPS) is 15.4. The molecule has 0 aromatic heterocycles. The van der Waals surface area contributed by atoms with E-state index in [1.165, 1.54) is 18.2 Å². The van der Waals surface area contributed by atoms with Crippen molar-refractivity contribution in [3.8, 4) is 0 Å². The van der Waals surface area contributed by atoms with Gasteiger partial charge < -0.3 is 4.90 Å². The number of non-ortho nitro benzene ring substituents is 1. The Hall–Kier alpha value is -2.20. The van der Waals surface area contributed by atoms with Gasteiger partial charge in [0.25, 0.3) is 5.69 Å². The van der Waals surface area contributed by atoms with E-state index in [2.05, 4.69) is 14.5 Å². The lowest BCUT2D eigenvalue weighted by molar-refractivity contribution is -0.385. The van der Waals surface area contributed by atoms with Crippen LogP contribution in [0.5, 0.6) is 0 Å². The summed E-state index contributed by atoms with van der Waals surface area (Å²) in [5.41, 5.74) is 0.908. The molecule has 8 nitrogen and oxygen atoms in total. The minimum Gasteiger partial charge on any atom is -0.369 e. The van der Waals surface area contributed by atoms with Crippen LogP contribution in [0.15, 0.2) is 53.4 Å². The Morgan fingerprint density at radius 2 is 1.76 bits per heavy atom. The molecule has 1 fully saturated rings. The van der Waals surface area contributed by atoms with Gasteiger partial charge in [-0.1, -0.05) is 17.7 Å². The molecule has 1 heterocycles. The number of anilines is 1. The second kappa shape index (κ2) is 9.53. The molecule has 3 rings (SSSR count). The van der Waals surface area contributed by atoms with Crippen LogP contribution in [-0.4, -0.2) is 57.5 Å². The Kier molecular flexibility index (Phi) is 7.07. The van der Waals surface area contributed by atoms with Crippen LogP contribution in [0.2, 0.25) is 5.02 Å². The zero-order valence-corrected chi connectivity index (χ0v) is 17.4. The highest BCUT2D eigenvalue weighted by molar-refractivity contribution is 7.89. The molecule has 1 saturated heterocycles. The topological polar surface area (TPSA) is 95.8 Å². The lowest BCUT2D eigenvalue weighted by Crippen LogP contribution is -2.47. The highest BCUT2D eigenvalue weighted by Crippen LogP contribution is 2.20. The Morgan fingerprint density at radius 3 is 2.41 bits per heavy atom. The maximum Gasteiger partial charge on any atom is 0.270 e. The molecule has 0 unspecified atom stereocenters. The van der Waals surface area contributed by atoms with Gasteiger partial charge in [0.2, 0.25) is 10.0 Å². The zero-order chi connectivity index (χ0) is 20.9. The number of nitro benzene ring substituents is 1. The van der Waals surface area contributed by atoms with Gasteiger partial charge in [-0.15, -0.1) is 0 Å². The van der Waals surface area contributed by atoms with Crippen LogP contribution >= 0.6 is 11.6 Å². The molecule has 0 bridgehead atoms. The van der Waals surface area contributed by atoms with E-state index in [0.29, 0.717) is 6.42 Å². The third-order valence-electron chi connectivity index (χ3n) is 4.85. The third-order valence-corrected chi connectivity index (χ3v) is 6.56. The van der Waals surface area contributed by atoms with Gasteiger partial charge in [0.1, 0.15) is 0 Å². The van der Waals surface area contributed by atoms with Crippen molar-refractivity contribution >= 4 is 33.0 Å². The molecule has 156 valence electrons. The Labute approximate surface area is 175 Å². The van der Waals surface area contributed by atoms with Gasteiger partial charge in [0.05, 0.1) is 9.82 Å². The van der Waals surface area contributed by atoms with E-state index in [1.54, 1.807) is 0 Å². The molecular weight excluding hydrogens is 416 g/mol. The monoisotopic (exact) mass is 438 g/mol. The third kappa shape index (κ3) is 5.89. The minimum atomic E-state index is -3.76. The van der Waals surface area contributed by atoms with Crippen LogP contribution in [0.3, 0.4) is 0 Å². The summed E-state index contributed by atoms with van der Waals surface area (Å²) in [6, 6.07) is 12.9. The number of nitro groups is 1. The van der Waals surface area contributed by atoms with E-state index >= 15 is 0 Å². The largest absolute Gasteiger partial charge is 0.369 e. The van der Waals surface area contributed by atoms with Gasteiger partial charge in [-0.25, -0.2) is 13.1 Å². The first-order valence-corrected chi connectivity index (χ1v) is 11.2. The predicted molar refractivity (Wildman–Crippen MR) is 113 cm³/mol. The molecule has 0 spiro atoms. The molecule has 29 heavy (non-hydrogen) atoms. The van der Waals surface area contributed by atoms with E-state index in [4.69, 9.17) is 11.6 Å². The van der Waals surface area contributed by atoms with Gasteiger partial charge in [0, 0.05) is 55.6 Å². The molecule has 1 aliphatic heterocycles. The molecule has 2 aromatic carbocycles. The second-order valence-electron chi connectivity index (χ2n) is 6.81. The number of sulfonamides is 1. The van der Waals surface area contributed by atoms with Crippen molar-refractivity contribution in [3.63, 3.8) is 0 Å². The second-order valence-corrected chi connectivity index (χ2v) is 9.01. The number of piperazine rings is 1. The fourth-order valence-corrected chi connectivity index (χ4v) is 4.48. The summed E-state index contributed by atoms with van der Waals surface area (Å²) in [6.07, 6.45) is 0.662. The Balaban J connectivity index is 1.42. The first kappa shape index (κ1) is 21.5. The van der Waals surface area contributed by atoms with Crippen molar-refractivity contribution in [2.75, 3.05) is 44.2 Å². The molecule has 0 atom stereocenters. The van der Waals surface area contributed by atoms with E-state index < -0.39 is 14.9 Å². The van der Waals surface area contributed by atoms with Crippen LogP contribution in [0.1, 0.15) is 6.42 Å². The number of benzene rings is 2. The lowest BCUT2D eigenvalue weighted by atomic mass is 10.2. The van der Waals surface area contributed by atoms with Crippen molar-refractivity contribution in [3.05, 3.63) is 63.7 Å². The molecule has 0 radical (unpaired) electrons. The van der Waals surface area contributed by atoms with Gasteiger partial charge in [0.15, 0.2) is 0 Å². The van der Waals surface area contributed by atoms with E-state index in [9.17, 15) is 18.5 Å². The highest BCUT2D eigenvalue weighted by atomic mass is 35.5. The first-order chi connectivity index (χ1) is 13.8. The number of halogens is 1. The molecule has 1 aliphatic rings. The smallest absolute Gasteiger partial charge is 0.270 e. The van der Waals surface area contributed by atoms with Crippen LogP contribution in [0.25, 0.3) is 0 Å². The molecule has 0 aliphatic carbocycles. The Morgan fingerprint density at radius 1 is 1.07 bits per heavy atom. The number of nitrogens with one attached hydrogen (secondary N) is 1. The molecular formula is C19H23ClN4O4S. The maximum atomic E-state index is 12.3. The van der Waals surface area contributed by atoms with Crippen molar-refractivity contribution in [2.45, 2.75) is 11.3 Å². The number of nitrogens with zero attached hydrogens (tertiary/aromatic N) is 3. The number of rotatable bonds is 8. The van der Waals surface area contributed by atoms with Crippen LogP contribution in [0, 0.1) is 10.1 Å². The summed E-state index contributed by atoms with van der Waals surface area (Å²) in [5, 5.41) is 11.5. The predicted octanol–water partition coefficient (Wildman–Crippen LogP) is 2.74. The molecule has 1 N–H and O–H groups in total. The first-order valence-electron chi connectivity index (χ1n) is 9.32.